The Hall–Kier alpha value is -2.43. The van der Waals surface area contributed by atoms with Crippen molar-refractivity contribution in [2.75, 3.05) is 47.5 Å². The van der Waals surface area contributed by atoms with Crippen LogP contribution >= 0.6 is 7.82 Å². The molecule has 2 aromatic heterocycles. The van der Waals surface area contributed by atoms with Crippen LogP contribution in [0.2, 0.25) is 0 Å². The predicted octanol–water partition coefficient (Wildman–Crippen LogP) is 11.5. The molecule has 2 aromatic rings. The second-order valence-electron chi connectivity index (χ2n) is 17.2. The number of quaternary nitrogens is 1. The van der Waals surface area contributed by atoms with E-state index in [-0.39, 0.29) is 32.0 Å². The number of carbonyl (C=O) groups excluding carboxylic acids is 2. The highest BCUT2D eigenvalue weighted by atomic mass is 31.2. The Labute approximate surface area is 351 Å². The van der Waals surface area contributed by atoms with Crippen LogP contribution in [0.5, 0.6) is 0 Å². The molecule has 11 nitrogen and oxygen atoms in total. The summed E-state index contributed by atoms with van der Waals surface area (Å²) in [6, 6.07) is 4.35. The third kappa shape index (κ3) is 25.3. The summed E-state index contributed by atoms with van der Waals surface area (Å²) in [5.41, 5.74) is 2.54. The maximum Gasteiger partial charge on any atom is 0.472 e. The van der Waals surface area contributed by atoms with Gasteiger partial charge in [-0.3, -0.25) is 18.6 Å². The lowest BCUT2D eigenvalue weighted by molar-refractivity contribution is -0.870. The van der Waals surface area contributed by atoms with E-state index < -0.39 is 26.5 Å². The summed E-state index contributed by atoms with van der Waals surface area (Å²) in [5, 5.41) is 0. The number of hydrogen-bond acceptors (Lipinski definition) is 9. The summed E-state index contributed by atoms with van der Waals surface area (Å²) < 4.78 is 46.4. The molecule has 0 bridgehead atoms. The second-order valence-corrected chi connectivity index (χ2v) is 18.7. The van der Waals surface area contributed by atoms with Crippen LogP contribution in [0.3, 0.4) is 0 Å². The number of phosphoric ester groups is 1. The molecule has 0 radical (unpaired) electrons. The van der Waals surface area contributed by atoms with Gasteiger partial charge in [0.15, 0.2) is 6.10 Å². The van der Waals surface area contributed by atoms with E-state index in [1.807, 2.05) is 21.1 Å². The summed E-state index contributed by atoms with van der Waals surface area (Å²) in [6.07, 6.45) is 22.6. The second kappa shape index (κ2) is 29.7. The normalized spacial score (nSPS) is 13.4. The maximum atomic E-state index is 12.8. The first-order valence-electron chi connectivity index (χ1n) is 22.6. The molecule has 1 N–H and O–H groups in total. The highest BCUT2D eigenvalue weighted by Gasteiger charge is 2.27. The number of furan rings is 2. The van der Waals surface area contributed by atoms with Crippen molar-refractivity contribution >= 4 is 19.8 Å². The third-order valence-electron chi connectivity index (χ3n) is 10.4. The Bertz CT molecular complexity index is 1440. The van der Waals surface area contributed by atoms with Crippen LogP contribution in [-0.4, -0.2) is 74.9 Å². The molecule has 58 heavy (non-hydrogen) atoms. The molecule has 0 saturated carbocycles. The molecule has 0 spiro atoms. The number of unbranched alkanes of at least 4 members (excludes halogenated alkanes) is 14. The molecule has 0 saturated heterocycles. The maximum absolute atomic E-state index is 12.8. The van der Waals surface area contributed by atoms with E-state index in [0.29, 0.717) is 23.9 Å². The van der Waals surface area contributed by atoms with Crippen LogP contribution in [0.15, 0.2) is 21.0 Å². The van der Waals surface area contributed by atoms with Crippen LogP contribution in [0.1, 0.15) is 176 Å². The van der Waals surface area contributed by atoms with E-state index in [0.717, 1.165) is 113 Å². The molecule has 2 unspecified atom stereocenters. The molecular formula is C46H81NO10P+. The van der Waals surface area contributed by atoms with Crippen molar-refractivity contribution in [3.63, 3.8) is 0 Å². The first-order valence-corrected chi connectivity index (χ1v) is 24.1. The summed E-state index contributed by atoms with van der Waals surface area (Å²) in [4.78, 5) is 35.5. The van der Waals surface area contributed by atoms with Gasteiger partial charge in [-0.1, -0.05) is 90.9 Å². The number of nitrogens with zero attached hydrogens (tertiary/aromatic N) is 1. The largest absolute Gasteiger partial charge is 0.472 e. The molecule has 0 amide bonds. The Morgan fingerprint density at radius 3 is 1.52 bits per heavy atom. The fourth-order valence-electron chi connectivity index (χ4n) is 6.91. The van der Waals surface area contributed by atoms with E-state index in [2.05, 4.69) is 39.8 Å². The molecule has 0 fully saturated rings. The van der Waals surface area contributed by atoms with Gasteiger partial charge in [-0.05, 0) is 75.6 Å². The Balaban J connectivity index is 1.62. The molecule has 2 heterocycles. The zero-order chi connectivity index (χ0) is 42.7. The van der Waals surface area contributed by atoms with Crippen molar-refractivity contribution in [1.82, 2.24) is 0 Å². The Morgan fingerprint density at radius 1 is 0.638 bits per heavy atom. The van der Waals surface area contributed by atoms with Crippen LogP contribution in [0.25, 0.3) is 0 Å². The number of hydrogen-bond donors (Lipinski definition) is 1. The van der Waals surface area contributed by atoms with Gasteiger partial charge < -0.3 is 27.7 Å². The summed E-state index contributed by atoms with van der Waals surface area (Å²) in [5.74, 6) is 3.63. The average Bonchev–Trinajstić information content (AvgIpc) is 3.69. The lowest BCUT2D eigenvalue weighted by Gasteiger charge is -2.24. The van der Waals surface area contributed by atoms with E-state index in [9.17, 15) is 19.0 Å². The van der Waals surface area contributed by atoms with Crippen molar-refractivity contribution in [3.05, 3.63) is 46.3 Å². The van der Waals surface area contributed by atoms with Crippen LogP contribution in [0.4, 0.5) is 0 Å². The van der Waals surface area contributed by atoms with Gasteiger partial charge in [0, 0.05) is 38.5 Å². The quantitative estimate of drug-likeness (QED) is 0.0306. The van der Waals surface area contributed by atoms with E-state index >= 15 is 0 Å². The topological polar surface area (TPSA) is 135 Å². The lowest BCUT2D eigenvalue weighted by atomic mass is 10.1. The standard InChI is InChI=1S/C46H80NO10P/c1-8-26-40-34-38(3)43(55-40)28-22-18-14-10-12-16-20-24-30-45(48)52-36-42(37-54-58(50,51)53-33-32-47(5,6)7)57-46(49)31-25-21-17-13-11-15-19-23-29-44-39(4)35-41(56-44)27-9-2/h34-35,42H,8-33,36-37H2,1-7H3/p+1. The summed E-state index contributed by atoms with van der Waals surface area (Å²) in [7, 11) is 1.44. The number of phosphoric acid groups is 1. The molecule has 0 aromatic carbocycles. The smallest absolute Gasteiger partial charge is 0.466 e. The van der Waals surface area contributed by atoms with E-state index in [1.165, 1.54) is 49.7 Å². The fourth-order valence-corrected chi connectivity index (χ4v) is 7.65. The van der Waals surface area contributed by atoms with Gasteiger partial charge >= 0.3 is 19.8 Å². The zero-order valence-corrected chi connectivity index (χ0v) is 38.4. The van der Waals surface area contributed by atoms with Crippen LogP contribution in [0, 0.1) is 13.8 Å². The fraction of sp³-hybridized carbons (Fsp3) is 0.783. The minimum atomic E-state index is -4.39. The summed E-state index contributed by atoms with van der Waals surface area (Å²) >= 11 is 0. The van der Waals surface area contributed by atoms with Gasteiger partial charge in [-0.25, -0.2) is 4.57 Å². The van der Waals surface area contributed by atoms with Crippen LogP contribution < -0.4 is 0 Å². The van der Waals surface area contributed by atoms with Gasteiger partial charge in [-0.2, -0.15) is 0 Å². The Kier molecular flexibility index (Phi) is 26.5. The van der Waals surface area contributed by atoms with Gasteiger partial charge in [-0.15, -0.1) is 0 Å². The zero-order valence-electron chi connectivity index (χ0n) is 37.5. The molecule has 0 aliphatic carbocycles. The SMILES string of the molecule is CCCc1cc(C)c(CCCCCCCCCCC(=O)OCC(COP(=O)(O)OCC[N+](C)(C)C)OC(=O)CCCCCCCCCCc2oc(CCC)cc2C)o1. The first kappa shape index (κ1) is 51.7. The van der Waals surface area contributed by atoms with Gasteiger partial charge in [0.05, 0.1) is 27.7 Å². The number of rotatable bonds is 36. The lowest BCUT2D eigenvalue weighted by Crippen LogP contribution is -2.37. The number of esters is 2. The average molecular weight is 839 g/mol. The molecule has 12 heteroatoms. The molecule has 334 valence electrons. The van der Waals surface area contributed by atoms with Gasteiger partial charge in [0.2, 0.25) is 0 Å². The van der Waals surface area contributed by atoms with Crippen molar-refractivity contribution in [3.8, 4) is 0 Å². The van der Waals surface area contributed by atoms with Gasteiger partial charge in [0.1, 0.15) is 42.8 Å². The van der Waals surface area contributed by atoms with Crippen molar-refractivity contribution in [2.24, 2.45) is 0 Å². The highest BCUT2D eigenvalue weighted by Crippen LogP contribution is 2.43. The van der Waals surface area contributed by atoms with E-state index in [4.69, 9.17) is 27.4 Å². The van der Waals surface area contributed by atoms with Gasteiger partial charge in [0.25, 0.3) is 0 Å². The molecule has 0 aliphatic rings. The number of ether oxygens (including phenoxy) is 2. The molecule has 0 aliphatic heterocycles. The number of likely N-dealkylation sites (N-methyl/N-ethyl adjacent to an activating group) is 1. The molecular weight excluding hydrogens is 757 g/mol. The van der Waals surface area contributed by atoms with Crippen molar-refractivity contribution in [1.29, 1.82) is 0 Å². The predicted molar refractivity (Wildman–Crippen MR) is 231 cm³/mol. The Morgan fingerprint density at radius 2 is 1.07 bits per heavy atom. The van der Waals surface area contributed by atoms with E-state index in [1.54, 1.807) is 0 Å². The molecule has 2 atom stereocenters. The third-order valence-corrected chi connectivity index (χ3v) is 11.4. The highest BCUT2D eigenvalue weighted by molar-refractivity contribution is 7.47. The van der Waals surface area contributed by atoms with Crippen molar-refractivity contribution in [2.45, 2.75) is 188 Å². The van der Waals surface area contributed by atoms with Crippen molar-refractivity contribution < 1.29 is 50.9 Å². The van der Waals surface area contributed by atoms with Crippen LogP contribution in [-0.2, 0) is 58.4 Å². The molecule has 2 rings (SSSR count). The number of carbonyl (C=O) groups is 2. The monoisotopic (exact) mass is 839 g/mol. The number of aryl methyl sites for hydroxylation is 6. The first-order chi connectivity index (χ1) is 27.7. The summed E-state index contributed by atoms with van der Waals surface area (Å²) in [6.45, 7) is 8.46. The minimum Gasteiger partial charge on any atom is -0.466 e. The minimum absolute atomic E-state index is 0.0205.